The minimum atomic E-state index is 0.697. The first-order valence-electron chi connectivity index (χ1n) is 4.42. The molecule has 76 valence electrons. The molecule has 4 heteroatoms. The predicted molar refractivity (Wildman–Crippen MR) is 60.2 cm³/mol. The molecule has 2 rings (SSSR count). The minimum absolute atomic E-state index is 0.697. The van der Waals surface area contributed by atoms with E-state index in [-0.39, 0.29) is 0 Å². The van der Waals surface area contributed by atoms with Crippen molar-refractivity contribution >= 4 is 17.8 Å². The Labute approximate surface area is 92.2 Å². The second-order valence-electron chi connectivity index (χ2n) is 3.02. The molecule has 0 radical (unpaired) electrons. The van der Waals surface area contributed by atoms with Crippen LogP contribution in [-0.2, 0) is 0 Å². The lowest BCUT2D eigenvalue weighted by atomic mass is 10.3. The first-order chi connectivity index (χ1) is 7.31. The van der Waals surface area contributed by atoms with Crippen LogP contribution in [-0.4, -0.2) is 16.0 Å². The second-order valence-corrected chi connectivity index (χ2v) is 3.46. The lowest BCUT2D eigenvalue weighted by Gasteiger charge is -2.05. The van der Waals surface area contributed by atoms with E-state index in [9.17, 15) is 0 Å². The van der Waals surface area contributed by atoms with Gasteiger partial charge in [-0.1, -0.05) is 16.8 Å². The molecule has 0 amide bonds. The largest absolute Gasteiger partial charge is 0.411 e. The van der Waals surface area contributed by atoms with Gasteiger partial charge < -0.3 is 9.77 Å². The molecule has 0 aliphatic rings. The highest BCUT2D eigenvalue weighted by molar-refractivity contribution is 6.30. The molecule has 0 atom stereocenters. The average molecular weight is 221 g/mol. The topological polar surface area (TPSA) is 37.5 Å². The number of hydrogen-bond acceptors (Lipinski definition) is 2. The van der Waals surface area contributed by atoms with Crippen molar-refractivity contribution in [3.63, 3.8) is 0 Å². The van der Waals surface area contributed by atoms with Gasteiger partial charge in [0.25, 0.3) is 0 Å². The van der Waals surface area contributed by atoms with Crippen LogP contribution in [0.5, 0.6) is 0 Å². The van der Waals surface area contributed by atoms with E-state index in [1.807, 2.05) is 47.2 Å². The van der Waals surface area contributed by atoms with E-state index < -0.39 is 0 Å². The van der Waals surface area contributed by atoms with Crippen molar-refractivity contribution < 1.29 is 5.21 Å². The molecule has 0 aliphatic heterocycles. The Kier molecular flexibility index (Phi) is 2.74. The zero-order chi connectivity index (χ0) is 10.7. The summed E-state index contributed by atoms with van der Waals surface area (Å²) < 4.78 is 1.90. The maximum absolute atomic E-state index is 8.49. The standard InChI is InChI=1S/C11H9ClN2O/c12-9-3-5-10(6-4-9)14-7-1-2-11(14)8-13-15/h1-8,15H. The molecule has 0 spiro atoms. The van der Waals surface area contributed by atoms with Crippen molar-refractivity contribution in [2.24, 2.45) is 5.16 Å². The molecule has 1 aromatic carbocycles. The van der Waals surface area contributed by atoms with Crippen molar-refractivity contribution in [2.45, 2.75) is 0 Å². The summed E-state index contributed by atoms with van der Waals surface area (Å²) in [5.74, 6) is 0. The predicted octanol–water partition coefficient (Wildman–Crippen LogP) is 2.94. The number of benzene rings is 1. The fraction of sp³-hybridized carbons (Fsp3) is 0. The van der Waals surface area contributed by atoms with Gasteiger partial charge in [-0.15, -0.1) is 0 Å². The van der Waals surface area contributed by atoms with E-state index in [0.29, 0.717) is 5.02 Å². The Bertz CT molecular complexity index is 474. The summed E-state index contributed by atoms with van der Waals surface area (Å²) in [5, 5.41) is 12.2. The highest BCUT2D eigenvalue weighted by atomic mass is 35.5. The molecule has 0 saturated carbocycles. The van der Waals surface area contributed by atoms with Crippen LogP contribution in [0.1, 0.15) is 5.69 Å². The Morgan fingerprint density at radius 3 is 2.60 bits per heavy atom. The van der Waals surface area contributed by atoms with Crippen molar-refractivity contribution in [3.05, 3.63) is 53.3 Å². The number of nitrogens with zero attached hydrogens (tertiary/aromatic N) is 2. The first-order valence-corrected chi connectivity index (χ1v) is 4.80. The normalized spacial score (nSPS) is 11.0. The second kappa shape index (κ2) is 4.19. The number of oxime groups is 1. The average Bonchev–Trinajstić information content (AvgIpc) is 2.68. The quantitative estimate of drug-likeness (QED) is 0.472. The van der Waals surface area contributed by atoms with Gasteiger partial charge in [0, 0.05) is 16.9 Å². The fourth-order valence-electron chi connectivity index (χ4n) is 1.40. The van der Waals surface area contributed by atoms with Crippen LogP contribution in [0.4, 0.5) is 0 Å². The van der Waals surface area contributed by atoms with Crippen LogP contribution < -0.4 is 0 Å². The summed E-state index contributed by atoms with van der Waals surface area (Å²) in [6, 6.07) is 11.2. The Morgan fingerprint density at radius 2 is 1.93 bits per heavy atom. The van der Waals surface area contributed by atoms with Crippen LogP contribution >= 0.6 is 11.6 Å². The molecule has 1 heterocycles. The lowest BCUT2D eigenvalue weighted by molar-refractivity contribution is 0.321. The van der Waals surface area contributed by atoms with Crippen molar-refractivity contribution in [3.8, 4) is 5.69 Å². The van der Waals surface area contributed by atoms with Crippen LogP contribution in [0, 0.1) is 0 Å². The van der Waals surface area contributed by atoms with Crippen molar-refractivity contribution in [2.75, 3.05) is 0 Å². The van der Waals surface area contributed by atoms with E-state index >= 15 is 0 Å². The molecule has 0 fully saturated rings. The van der Waals surface area contributed by atoms with Gasteiger partial charge in [0.1, 0.15) is 0 Å². The monoisotopic (exact) mass is 220 g/mol. The maximum Gasteiger partial charge on any atom is 0.0901 e. The SMILES string of the molecule is ON=Cc1cccn1-c1ccc(Cl)cc1. The van der Waals surface area contributed by atoms with E-state index in [2.05, 4.69) is 5.16 Å². The molecule has 15 heavy (non-hydrogen) atoms. The Hall–Kier alpha value is -1.74. The van der Waals surface area contributed by atoms with Gasteiger partial charge in [-0.3, -0.25) is 0 Å². The number of halogens is 1. The summed E-state index contributed by atoms with van der Waals surface area (Å²) in [7, 11) is 0. The van der Waals surface area contributed by atoms with Crippen molar-refractivity contribution in [1.29, 1.82) is 0 Å². The molecule has 0 aliphatic carbocycles. The first kappa shape index (κ1) is 9.80. The molecule has 1 N–H and O–H groups in total. The number of rotatable bonds is 2. The molecule has 0 unspecified atom stereocenters. The van der Waals surface area contributed by atoms with E-state index in [1.165, 1.54) is 6.21 Å². The zero-order valence-electron chi connectivity index (χ0n) is 7.84. The number of hydrogen-bond donors (Lipinski definition) is 1. The van der Waals surface area contributed by atoms with E-state index in [0.717, 1.165) is 11.4 Å². The van der Waals surface area contributed by atoms with Gasteiger partial charge in [-0.25, -0.2) is 0 Å². The number of aromatic nitrogens is 1. The molecule has 1 aromatic heterocycles. The van der Waals surface area contributed by atoms with Gasteiger partial charge >= 0.3 is 0 Å². The summed E-state index contributed by atoms with van der Waals surface area (Å²) in [6.07, 6.45) is 3.27. The van der Waals surface area contributed by atoms with Gasteiger partial charge in [-0.2, -0.15) is 0 Å². The molecular weight excluding hydrogens is 212 g/mol. The summed E-state index contributed by atoms with van der Waals surface area (Å²) in [5.41, 5.74) is 1.78. The van der Waals surface area contributed by atoms with Crippen LogP contribution in [0.25, 0.3) is 5.69 Å². The Morgan fingerprint density at radius 1 is 1.20 bits per heavy atom. The van der Waals surface area contributed by atoms with Gasteiger partial charge in [0.15, 0.2) is 0 Å². The van der Waals surface area contributed by atoms with Crippen LogP contribution in [0.15, 0.2) is 47.8 Å². The third-order valence-corrected chi connectivity index (χ3v) is 2.33. The smallest absolute Gasteiger partial charge is 0.0901 e. The van der Waals surface area contributed by atoms with Gasteiger partial charge in [0.05, 0.1) is 11.9 Å². The lowest BCUT2D eigenvalue weighted by Crippen LogP contribution is -1.97. The highest BCUT2D eigenvalue weighted by Crippen LogP contribution is 2.15. The maximum atomic E-state index is 8.49. The third-order valence-electron chi connectivity index (χ3n) is 2.08. The molecule has 0 saturated heterocycles. The van der Waals surface area contributed by atoms with Crippen LogP contribution in [0.3, 0.4) is 0 Å². The Balaban J connectivity index is 2.44. The molecular formula is C11H9ClN2O. The fourth-order valence-corrected chi connectivity index (χ4v) is 1.52. The van der Waals surface area contributed by atoms with Crippen LogP contribution in [0.2, 0.25) is 5.02 Å². The highest BCUT2D eigenvalue weighted by Gasteiger charge is 2.00. The third kappa shape index (κ3) is 2.02. The summed E-state index contributed by atoms with van der Waals surface area (Å²) in [6.45, 7) is 0. The van der Waals surface area contributed by atoms with Gasteiger partial charge in [0.2, 0.25) is 0 Å². The minimum Gasteiger partial charge on any atom is -0.411 e. The zero-order valence-corrected chi connectivity index (χ0v) is 8.59. The van der Waals surface area contributed by atoms with Gasteiger partial charge in [-0.05, 0) is 36.4 Å². The van der Waals surface area contributed by atoms with E-state index in [4.69, 9.17) is 16.8 Å². The summed E-state index contributed by atoms with van der Waals surface area (Å²) in [4.78, 5) is 0. The molecule has 3 nitrogen and oxygen atoms in total. The molecule has 0 bridgehead atoms. The molecule has 2 aromatic rings. The summed E-state index contributed by atoms with van der Waals surface area (Å²) >= 11 is 5.80. The van der Waals surface area contributed by atoms with Crippen molar-refractivity contribution in [1.82, 2.24) is 4.57 Å². The van der Waals surface area contributed by atoms with E-state index in [1.54, 1.807) is 0 Å².